The summed E-state index contributed by atoms with van der Waals surface area (Å²) in [6, 6.07) is 65.4. The van der Waals surface area contributed by atoms with E-state index < -0.39 is 5.41 Å². The van der Waals surface area contributed by atoms with Gasteiger partial charge in [0, 0.05) is 33.2 Å². The smallest absolute Gasteiger partial charge is 0.164 e. The number of rotatable bonds is 4. The van der Waals surface area contributed by atoms with E-state index in [2.05, 4.69) is 126 Å². The summed E-state index contributed by atoms with van der Waals surface area (Å²) >= 11 is 0. The SMILES string of the molecule is c1ccc(-c2nc(-c3ccccc3)nc(-c3cccc(-n4c5cccc6c5c5c7c(cccc7ccc54)C64c5ccccc5-c5ccccc54)c3)n2)cc1. The fraction of sp³-hybridized carbons (Fsp3) is 0.0200. The second-order valence-corrected chi connectivity index (χ2v) is 14.3. The van der Waals surface area contributed by atoms with Crippen molar-refractivity contribution in [3.8, 4) is 51.0 Å². The molecule has 0 radical (unpaired) electrons. The van der Waals surface area contributed by atoms with Crippen LogP contribution in [0.4, 0.5) is 0 Å². The van der Waals surface area contributed by atoms with Gasteiger partial charge >= 0.3 is 0 Å². The minimum absolute atomic E-state index is 0.436. The fourth-order valence-corrected chi connectivity index (χ4v) is 9.51. The van der Waals surface area contributed by atoms with Gasteiger partial charge in [-0.05, 0) is 68.4 Å². The first kappa shape index (κ1) is 29.4. The van der Waals surface area contributed by atoms with Gasteiger partial charge < -0.3 is 4.57 Å². The minimum atomic E-state index is -0.436. The first-order valence-corrected chi connectivity index (χ1v) is 18.5. The molecule has 54 heavy (non-hydrogen) atoms. The van der Waals surface area contributed by atoms with E-state index in [4.69, 9.17) is 15.0 Å². The largest absolute Gasteiger partial charge is 0.309 e. The van der Waals surface area contributed by atoms with Crippen molar-refractivity contribution in [3.63, 3.8) is 0 Å². The molecule has 2 aliphatic carbocycles. The highest BCUT2D eigenvalue weighted by Crippen LogP contribution is 2.62. The molecule has 0 saturated carbocycles. The summed E-state index contributed by atoms with van der Waals surface area (Å²) in [6.07, 6.45) is 0. The van der Waals surface area contributed by atoms with Crippen molar-refractivity contribution in [2.75, 3.05) is 0 Å². The Morgan fingerprint density at radius 3 is 1.52 bits per heavy atom. The van der Waals surface area contributed by atoms with E-state index in [1.54, 1.807) is 0 Å². The van der Waals surface area contributed by atoms with Crippen LogP contribution in [0, 0.1) is 0 Å². The molecule has 4 nitrogen and oxygen atoms in total. The molecule has 0 N–H and O–H groups in total. The molecule has 0 unspecified atom stereocenters. The van der Waals surface area contributed by atoms with E-state index in [0.717, 1.165) is 22.4 Å². The third-order valence-electron chi connectivity index (χ3n) is 11.6. The van der Waals surface area contributed by atoms with Crippen molar-refractivity contribution >= 4 is 32.6 Å². The second kappa shape index (κ2) is 10.9. The average Bonchev–Trinajstić information content (AvgIpc) is 3.75. The van der Waals surface area contributed by atoms with Gasteiger partial charge in [0.15, 0.2) is 17.5 Å². The highest BCUT2D eigenvalue weighted by atomic mass is 15.0. The van der Waals surface area contributed by atoms with Gasteiger partial charge in [-0.25, -0.2) is 15.0 Å². The molecule has 4 heteroatoms. The first-order valence-electron chi connectivity index (χ1n) is 18.5. The van der Waals surface area contributed by atoms with Crippen LogP contribution in [0.5, 0.6) is 0 Å². The van der Waals surface area contributed by atoms with Crippen molar-refractivity contribution in [2.24, 2.45) is 0 Å². The molecule has 2 aliphatic rings. The Bertz CT molecular complexity index is 3060. The summed E-state index contributed by atoms with van der Waals surface area (Å²) in [5.41, 5.74) is 13.8. The standard InChI is InChI=1S/C50H30N4/c1-3-14-32(15-4-1)47-51-48(33-16-5-2-6-17-33)53-49(52-47)34-19-11-20-35(30-34)54-42-27-13-26-41-45(42)46-43(54)29-28-31-18-12-25-40(44(31)46)50(41)38-23-9-7-21-36(38)37-22-8-10-24-39(37)50/h1-30H. The molecule has 0 atom stereocenters. The van der Waals surface area contributed by atoms with Crippen LogP contribution in [0.2, 0.25) is 0 Å². The minimum Gasteiger partial charge on any atom is -0.309 e. The zero-order valence-electron chi connectivity index (χ0n) is 29.1. The summed E-state index contributed by atoms with van der Waals surface area (Å²) in [5.74, 6) is 1.94. The molecule has 8 aromatic carbocycles. The molecule has 0 bridgehead atoms. The number of nitrogens with zero attached hydrogens (tertiary/aromatic N) is 4. The van der Waals surface area contributed by atoms with Crippen LogP contribution in [0.1, 0.15) is 22.3 Å². The Kier molecular flexibility index (Phi) is 5.95. The van der Waals surface area contributed by atoms with Gasteiger partial charge in [-0.2, -0.15) is 0 Å². The third kappa shape index (κ3) is 3.84. The summed E-state index contributed by atoms with van der Waals surface area (Å²) in [4.78, 5) is 15.1. The molecule has 0 saturated heterocycles. The Morgan fingerprint density at radius 2 is 0.852 bits per heavy atom. The lowest BCUT2D eigenvalue weighted by atomic mass is 9.63. The zero-order chi connectivity index (χ0) is 35.4. The molecular weight excluding hydrogens is 657 g/mol. The number of benzene rings is 8. The van der Waals surface area contributed by atoms with Gasteiger partial charge in [0.05, 0.1) is 16.4 Å². The van der Waals surface area contributed by atoms with Crippen LogP contribution in [-0.4, -0.2) is 19.5 Å². The maximum atomic E-state index is 5.07. The van der Waals surface area contributed by atoms with E-state index in [0.29, 0.717) is 17.5 Å². The molecule has 0 aliphatic heterocycles. The number of hydrogen-bond donors (Lipinski definition) is 0. The van der Waals surface area contributed by atoms with E-state index in [-0.39, 0.29) is 0 Å². The number of aromatic nitrogens is 4. The molecule has 250 valence electrons. The zero-order valence-corrected chi connectivity index (χ0v) is 29.1. The van der Waals surface area contributed by atoms with Crippen molar-refractivity contribution in [1.29, 1.82) is 0 Å². The molecule has 10 aromatic rings. The quantitative estimate of drug-likeness (QED) is 0.185. The van der Waals surface area contributed by atoms with Crippen LogP contribution in [-0.2, 0) is 5.41 Å². The molecular formula is C50H30N4. The molecule has 12 rings (SSSR count). The van der Waals surface area contributed by atoms with Gasteiger partial charge in [-0.3, -0.25) is 0 Å². The van der Waals surface area contributed by atoms with Crippen molar-refractivity contribution in [1.82, 2.24) is 19.5 Å². The van der Waals surface area contributed by atoms with Crippen LogP contribution >= 0.6 is 0 Å². The lowest BCUT2D eigenvalue weighted by Crippen LogP contribution is -2.30. The van der Waals surface area contributed by atoms with Crippen LogP contribution < -0.4 is 0 Å². The number of fused-ring (bicyclic) bond motifs is 7. The maximum absolute atomic E-state index is 5.07. The van der Waals surface area contributed by atoms with Gasteiger partial charge in [-0.15, -0.1) is 0 Å². The summed E-state index contributed by atoms with van der Waals surface area (Å²) in [7, 11) is 0. The second-order valence-electron chi connectivity index (χ2n) is 14.3. The average molecular weight is 687 g/mol. The van der Waals surface area contributed by atoms with E-state index in [1.807, 2.05) is 60.7 Å². The van der Waals surface area contributed by atoms with Gasteiger partial charge in [0.2, 0.25) is 0 Å². The predicted octanol–water partition coefficient (Wildman–Crippen LogP) is 11.8. The van der Waals surface area contributed by atoms with Gasteiger partial charge in [0.25, 0.3) is 0 Å². The Morgan fingerprint density at radius 1 is 0.352 bits per heavy atom. The van der Waals surface area contributed by atoms with Crippen molar-refractivity contribution in [2.45, 2.75) is 5.41 Å². The topological polar surface area (TPSA) is 43.6 Å². The Balaban J connectivity index is 1.14. The Hall–Kier alpha value is -7.17. The van der Waals surface area contributed by atoms with Gasteiger partial charge in [-0.1, -0.05) is 158 Å². The van der Waals surface area contributed by atoms with Crippen LogP contribution in [0.15, 0.2) is 182 Å². The normalized spacial score (nSPS) is 13.3. The van der Waals surface area contributed by atoms with Crippen molar-refractivity contribution < 1.29 is 0 Å². The molecule has 0 fully saturated rings. The molecule has 1 spiro atoms. The lowest BCUT2D eigenvalue weighted by molar-refractivity contribution is 0.783. The van der Waals surface area contributed by atoms with Crippen LogP contribution in [0.3, 0.4) is 0 Å². The van der Waals surface area contributed by atoms with Crippen LogP contribution in [0.25, 0.3) is 83.6 Å². The molecule has 0 amide bonds. The summed E-state index contributed by atoms with van der Waals surface area (Å²) < 4.78 is 2.44. The highest BCUT2D eigenvalue weighted by Gasteiger charge is 2.49. The third-order valence-corrected chi connectivity index (χ3v) is 11.6. The van der Waals surface area contributed by atoms with Gasteiger partial charge in [0.1, 0.15) is 0 Å². The molecule has 2 aromatic heterocycles. The monoisotopic (exact) mass is 686 g/mol. The van der Waals surface area contributed by atoms with E-state index >= 15 is 0 Å². The summed E-state index contributed by atoms with van der Waals surface area (Å²) in [6.45, 7) is 0. The summed E-state index contributed by atoms with van der Waals surface area (Å²) in [5, 5.41) is 5.21. The predicted molar refractivity (Wildman–Crippen MR) is 219 cm³/mol. The lowest BCUT2D eigenvalue weighted by Gasteiger charge is -2.37. The molecule has 2 heterocycles. The Labute approximate surface area is 311 Å². The van der Waals surface area contributed by atoms with E-state index in [9.17, 15) is 0 Å². The van der Waals surface area contributed by atoms with E-state index in [1.165, 1.54) is 66.0 Å². The maximum Gasteiger partial charge on any atom is 0.164 e. The fourth-order valence-electron chi connectivity index (χ4n) is 9.51. The highest BCUT2D eigenvalue weighted by molar-refractivity contribution is 6.26. The van der Waals surface area contributed by atoms with Crippen molar-refractivity contribution in [3.05, 3.63) is 204 Å². The number of hydrogen-bond acceptors (Lipinski definition) is 3. The first-order chi connectivity index (χ1) is 26.8.